The second-order valence-corrected chi connectivity index (χ2v) is 6.56. The lowest BCUT2D eigenvalue weighted by Crippen LogP contribution is -2.61. The third-order valence-corrected chi connectivity index (χ3v) is 5.33. The molecule has 18 heavy (non-hydrogen) atoms. The smallest absolute Gasteiger partial charge is 0.0217 e. The van der Waals surface area contributed by atoms with Crippen molar-refractivity contribution in [3.63, 3.8) is 0 Å². The first-order valence-corrected chi connectivity index (χ1v) is 7.70. The molecule has 0 amide bonds. The number of hydrogen-bond acceptors (Lipinski definition) is 4. The van der Waals surface area contributed by atoms with E-state index in [4.69, 9.17) is 0 Å². The lowest BCUT2D eigenvalue weighted by Gasteiger charge is -2.46. The van der Waals surface area contributed by atoms with Crippen molar-refractivity contribution < 1.29 is 0 Å². The van der Waals surface area contributed by atoms with Crippen LogP contribution in [-0.2, 0) is 0 Å². The van der Waals surface area contributed by atoms with Crippen molar-refractivity contribution in [1.29, 1.82) is 0 Å². The molecule has 0 aromatic heterocycles. The van der Waals surface area contributed by atoms with E-state index in [2.05, 4.69) is 21.3 Å². The molecule has 4 N–H and O–H groups in total. The van der Waals surface area contributed by atoms with E-state index < -0.39 is 0 Å². The fourth-order valence-corrected chi connectivity index (χ4v) is 3.60. The molecule has 0 aromatic rings. The van der Waals surface area contributed by atoms with E-state index in [1.165, 1.54) is 77.9 Å². The first kappa shape index (κ1) is 12.9. The van der Waals surface area contributed by atoms with E-state index in [9.17, 15) is 0 Å². The second-order valence-electron chi connectivity index (χ2n) is 6.56. The number of nitrogens with one attached hydrogen (secondary N) is 4. The Morgan fingerprint density at radius 2 is 1.11 bits per heavy atom. The zero-order valence-electron chi connectivity index (χ0n) is 11.5. The van der Waals surface area contributed by atoms with E-state index >= 15 is 0 Å². The lowest BCUT2D eigenvalue weighted by atomic mass is 9.74. The molecule has 0 unspecified atom stereocenters. The molecule has 0 saturated carbocycles. The maximum absolute atomic E-state index is 3.52. The summed E-state index contributed by atoms with van der Waals surface area (Å²) < 4.78 is 0. The number of hydrogen-bond donors (Lipinski definition) is 4. The summed E-state index contributed by atoms with van der Waals surface area (Å²) in [5.74, 6) is 0. The van der Waals surface area contributed by atoms with E-state index in [-0.39, 0.29) is 0 Å². The summed E-state index contributed by atoms with van der Waals surface area (Å²) in [6.07, 6.45) is 6.87. The monoisotopic (exact) mass is 252 g/mol. The van der Waals surface area contributed by atoms with Crippen LogP contribution in [0.5, 0.6) is 0 Å². The van der Waals surface area contributed by atoms with Gasteiger partial charge in [-0.15, -0.1) is 0 Å². The fraction of sp³-hybridized carbons (Fsp3) is 1.00. The van der Waals surface area contributed by atoms with Gasteiger partial charge in [0.15, 0.2) is 0 Å². The molecule has 4 aliphatic rings. The van der Waals surface area contributed by atoms with Crippen LogP contribution in [0.4, 0.5) is 0 Å². The predicted octanol–water partition coefficient (Wildman–Crippen LogP) is 0.0613. The molecule has 4 nitrogen and oxygen atoms in total. The first-order chi connectivity index (χ1) is 8.83. The largest absolute Gasteiger partial charge is 0.317 e. The molecule has 4 heterocycles. The van der Waals surface area contributed by atoms with Gasteiger partial charge in [0.05, 0.1) is 0 Å². The third kappa shape index (κ3) is 2.72. The Hall–Kier alpha value is -0.160. The maximum atomic E-state index is 3.52. The molecule has 0 bridgehead atoms. The Bertz CT molecular complexity index is 227. The molecule has 2 spiro atoms. The fourth-order valence-electron chi connectivity index (χ4n) is 3.60. The minimum absolute atomic E-state index is 0.589. The molecule has 0 atom stereocenters. The van der Waals surface area contributed by atoms with Gasteiger partial charge in [0, 0.05) is 18.6 Å². The van der Waals surface area contributed by atoms with Crippen LogP contribution in [-0.4, -0.2) is 51.4 Å². The summed E-state index contributed by atoms with van der Waals surface area (Å²) in [5, 5.41) is 13.6. The number of piperidine rings is 2. The summed E-state index contributed by atoms with van der Waals surface area (Å²) in [6.45, 7) is 8.70. The molecule has 4 saturated heterocycles. The predicted molar refractivity (Wildman–Crippen MR) is 74.9 cm³/mol. The van der Waals surface area contributed by atoms with Gasteiger partial charge in [-0.05, 0) is 70.2 Å². The normalized spacial score (nSPS) is 32.0. The molecule has 0 radical (unpaired) electrons. The van der Waals surface area contributed by atoms with Crippen molar-refractivity contribution in [2.24, 2.45) is 5.41 Å². The molecular formula is C14H28N4. The summed E-state index contributed by atoms with van der Waals surface area (Å²) in [7, 11) is 0. The second kappa shape index (κ2) is 5.45. The molecule has 0 aliphatic carbocycles. The third-order valence-electron chi connectivity index (χ3n) is 5.33. The highest BCUT2D eigenvalue weighted by molar-refractivity contribution is 4.99. The van der Waals surface area contributed by atoms with Gasteiger partial charge in [0.1, 0.15) is 0 Å². The van der Waals surface area contributed by atoms with Gasteiger partial charge in [-0.25, -0.2) is 0 Å². The van der Waals surface area contributed by atoms with Crippen LogP contribution in [0.3, 0.4) is 0 Å². The molecule has 4 heteroatoms. The summed E-state index contributed by atoms with van der Waals surface area (Å²) >= 11 is 0. The summed E-state index contributed by atoms with van der Waals surface area (Å²) in [4.78, 5) is 0. The quantitative estimate of drug-likeness (QED) is 0.492. The Labute approximate surface area is 111 Å². The van der Waals surface area contributed by atoms with Crippen LogP contribution < -0.4 is 21.3 Å². The van der Waals surface area contributed by atoms with Crippen LogP contribution in [0, 0.1) is 5.41 Å². The van der Waals surface area contributed by atoms with Crippen molar-refractivity contribution in [3.05, 3.63) is 0 Å². The van der Waals surface area contributed by atoms with Crippen LogP contribution in [0.15, 0.2) is 0 Å². The van der Waals surface area contributed by atoms with Gasteiger partial charge in [0.2, 0.25) is 0 Å². The highest BCUT2D eigenvalue weighted by Gasteiger charge is 2.37. The minimum atomic E-state index is 0.589. The van der Waals surface area contributed by atoms with Crippen LogP contribution in [0.1, 0.15) is 32.1 Å². The Kier molecular flexibility index (Phi) is 3.89. The van der Waals surface area contributed by atoms with E-state index in [1.807, 2.05) is 0 Å². The van der Waals surface area contributed by atoms with Gasteiger partial charge in [-0.2, -0.15) is 0 Å². The highest BCUT2D eigenvalue weighted by Crippen LogP contribution is 2.32. The van der Waals surface area contributed by atoms with E-state index in [0.29, 0.717) is 5.54 Å². The minimum Gasteiger partial charge on any atom is -0.317 e. The van der Waals surface area contributed by atoms with Gasteiger partial charge in [-0.1, -0.05) is 0 Å². The van der Waals surface area contributed by atoms with Crippen LogP contribution >= 0.6 is 0 Å². The van der Waals surface area contributed by atoms with Gasteiger partial charge < -0.3 is 21.3 Å². The molecule has 104 valence electrons. The molecule has 4 aliphatic heterocycles. The summed E-state index contributed by atoms with van der Waals surface area (Å²) in [6, 6.07) is 0. The first-order valence-electron chi connectivity index (χ1n) is 7.70. The Morgan fingerprint density at radius 1 is 0.556 bits per heavy atom. The summed E-state index contributed by atoms with van der Waals surface area (Å²) in [5.41, 5.74) is 1.32. The van der Waals surface area contributed by atoms with E-state index in [0.717, 1.165) is 5.41 Å². The number of rotatable bonds is 0. The van der Waals surface area contributed by atoms with Crippen molar-refractivity contribution in [3.8, 4) is 0 Å². The topological polar surface area (TPSA) is 48.1 Å². The van der Waals surface area contributed by atoms with Crippen molar-refractivity contribution in [1.82, 2.24) is 21.3 Å². The highest BCUT2D eigenvalue weighted by atomic mass is 15.1. The molecular weight excluding hydrogens is 224 g/mol. The van der Waals surface area contributed by atoms with Gasteiger partial charge >= 0.3 is 0 Å². The lowest BCUT2D eigenvalue weighted by molar-refractivity contribution is 0.116. The average molecular weight is 252 g/mol. The van der Waals surface area contributed by atoms with Gasteiger partial charge in [-0.3, -0.25) is 0 Å². The molecule has 4 fully saturated rings. The Morgan fingerprint density at radius 3 is 1.39 bits per heavy atom. The van der Waals surface area contributed by atoms with Crippen molar-refractivity contribution >= 4 is 0 Å². The Balaban J connectivity index is 0.000000111. The zero-order valence-corrected chi connectivity index (χ0v) is 11.5. The zero-order chi connectivity index (χ0) is 12.3. The maximum Gasteiger partial charge on any atom is 0.0217 e. The van der Waals surface area contributed by atoms with Crippen molar-refractivity contribution in [2.45, 2.75) is 37.6 Å². The van der Waals surface area contributed by atoms with Gasteiger partial charge in [0.25, 0.3) is 0 Å². The van der Waals surface area contributed by atoms with E-state index in [1.54, 1.807) is 0 Å². The molecule has 0 aromatic carbocycles. The SMILES string of the molecule is C1CC2(CCN1)CCN2.C1CC2(CCN1)CNC2. The van der Waals surface area contributed by atoms with Crippen molar-refractivity contribution in [2.75, 3.05) is 45.8 Å². The molecule has 4 rings (SSSR count). The average Bonchev–Trinajstić information content (AvgIpc) is 2.38. The van der Waals surface area contributed by atoms with Crippen LogP contribution in [0.2, 0.25) is 0 Å². The van der Waals surface area contributed by atoms with Crippen LogP contribution in [0.25, 0.3) is 0 Å². The standard InChI is InChI=1S/2C7H14N2/c1-4-8-5-2-7(1)3-6-9-7;1-3-8-4-2-7(1)5-9-6-7/h2*8-9H,1-6H2.